The van der Waals surface area contributed by atoms with Crippen LogP contribution >= 0.6 is 12.6 Å². The molecule has 32 heavy (non-hydrogen) atoms. The van der Waals surface area contributed by atoms with E-state index in [1.807, 2.05) is 0 Å². The van der Waals surface area contributed by atoms with Gasteiger partial charge in [0, 0.05) is 12.3 Å². The summed E-state index contributed by atoms with van der Waals surface area (Å²) < 4.78 is 28.6. The van der Waals surface area contributed by atoms with Gasteiger partial charge in [0.05, 0.1) is 18.0 Å². The Kier molecular flexibility index (Phi) is 7.70. The average Bonchev–Trinajstić information content (AvgIpc) is 2.96. The topological polar surface area (TPSA) is 91.8 Å². The van der Waals surface area contributed by atoms with Crippen molar-refractivity contribution >= 4 is 29.8 Å². The first-order valence-corrected chi connectivity index (χ1v) is 16.0. The van der Waals surface area contributed by atoms with Crippen LogP contribution in [0.2, 0.25) is 22.2 Å². The average molecular weight is 503 g/mol. The summed E-state index contributed by atoms with van der Waals surface area (Å²) in [6, 6.07) is 1.31. The molecule has 0 radical (unpaired) electrons. The Morgan fingerprint density at radius 1 is 1.00 bits per heavy atom. The maximum Gasteiger partial charge on any atom is 0.335 e. The number of hydrogen-bond donors (Lipinski definition) is 2. The lowest BCUT2D eigenvalue weighted by Crippen LogP contribution is -2.65. The van der Waals surface area contributed by atoms with Crippen molar-refractivity contribution in [2.24, 2.45) is 0 Å². The van der Waals surface area contributed by atoms with Crippen LogP contribution in [0.3, 0.4) is 0 Å². The van der Waals surface area contributed by atoms with Crippen LogP contribution in [0.25, 0.3) is 0 Å². The van der Waals surface area contributed by atoms with Crippen LogP contribution in [0, 0.1) is 0 Å². The van der Waals surface area contributed by atoms with Crippen LogP contribution in [-0.4, -0.2) is 50.7 Å². The number of aromatic nitrogens is 2. The molecule has 3 heterocycles. The van der Waals surface area contributed by atoms with Gasteiger partial charge in [-0.3, -0.25) is 14.3 Å². The molecule has 0 aromatic carbocycles. The van der Waals surface area contributed by atoms with E-state index in [0.717, 1.165) is 0 Å². The fraction of sp³-hybridized carbons (Fsp3) is 0.810. The molecule has 4 atom stereocenters. The van der Waals surface area contributed by atoms with Crippen molar-refractivity contribution in [2.45, 2.75) is 101 Å². The normalized spacial score (nSPS) is 30.0. The zero-order valence-electron chi connectivity index (χ0n) is 20.3. The summed E-state index contributed by atoms with van der Waals surface area (Å²) in [5.41, 5.74) is -0.142. The number of nitrogens with one attached hydrogen (secondary N) is 1. The molecule has 8 nitrogen and oxygen atoms in total. The zero-order chi connectivity index (χ0) is 24.0. The van der Waals surface area contributed by atoms with E-state index in [4.69, 9.17) is 30.3 Å². The van der Waals surface area contributed by atoms with E-state index in [-0.39, 0.29) is 28.3 Å². The number of rotatable bonds is 5. The largest absolute Gasteiger partial charge is 0.414 e. The minimum atomic E-state index is -2.80. The number of nitrogens with zero attached hydrogens (tertiary/aromatic N) is 1. The smallest absolute Gasteiger partial charge is 0.335 e. The summed E-state index contributed by atoms with van der Waals surface area (Å²) in [6.45, 7) is 17.7. The summed E-state index contributed by atoms with van der Waals surface area (Å²) in [4.78, 5) is 26.3. The van der Waals surface area contributed by atoms with E-state index in [1.165, 1.54) is 16.8 Å². The molecule has 0 bridgehead atoms. The maximum atomic E-state index is 12.5. The van der Waals surface area contributed by atoms with E-state index in [9.17, 15) is 9.59 Å². The van der Waals surface area contributed by atoms with Gasteiger partial charge >= 0.3 is 22.8 Å². The van der Waals surface area contributed by atoms with Gasteiger partial charge in [0.25, 0.3) is 5.56 Å². The highest BCUT2D eigenvalue weighted by Gasteiger charge is 2.61. The molecule has 1 aromatic rings. The van der Waals surface area contributed by atoms with Crippen molar-refractivity contribution in [2.75, 3.05) is 6.61 Å². The molecular weight excluding hydrogens is 464 g/mol. The molecule has 2 aliphatic heterocycles. The quantitative estimate of drug-likeness (QED) is 0.471. The molecule has 0 amide bonds. The molecule has 0 aliphatic carbocycles. The van der Waals surface area contributed by atoms with E-state index >= 15 is 0 Å². The van der Waals surface area contributed by atoms with Crippen molar-refractivity contribution in [3.63, 3.8) is 0 Å². The summed E-state index contributed by atoms with van der Waals surface area (Å²) in [6.07, 6.45) is -0.0222. The third kappa shape index (κ3) is 4.37. The summed E-state index contributed by atoms with van der Waals surface area (Å²) >= 11 is 4.84. The van der Waals surface area contributed by atoms with Crippen molar-refractivity contribution in [1.82, 2.24) is 9.55 Å². The van der Waals surface area contributed by atoms with Gasteiger partial charge in [-0.05, 0) is 22.2 Å². The molecule has 0 spiro atoms. The lowest BCUT2D eigenvalue weighted by Gasteiger charge is -2.51. The minimum absolute atomic E-state index is 0.185. The molecule has 2 aliphatic rings. The number of thiol groups is 1. The third-order valence-electron chi connectivity index (χ3n) is 6.77. The molecule has 1 aromatic heterocycles. The van der Waals surface area contributed by atoms with Crippen LogP contribution in [0.15, 0.2) is 21.9 Å². The SMILES string of the molecule is CC(C)[Si]1(C(C)C)OC[C@H]2O[C@@H](n3ccc(=O)[nH]c3=O)[C@H](S)[C@@H]2O[Si](C(C)C)(C(C)C)O1. The lowest BCUT2D eigenvalue weighted by atomic mass is 10.2. The molecule has 11 heteroatoms. The molecule has 0 unspecified atom stereocenters. The molecule has 2 saturated heterocycles. The number of ether oxygens (including phenoxy) is 1. The van der Waals surface area contributed by atoms with Crippen LogP contribution in [0.1, 0.15) is 61.6 Å². The Morgan fingerprint density at radius 3 is 2.06 bits per heavy atom. The summed E-state index contributed by atoms with van der Waals surface area (Å²) in [5, 5.41) is -0.424. The molecule has 2 fully saturated rings. The van der Waals surface area contributed by atoms with Gasteiger partial charge in [-0.25, -0.2) is 4.79 Å². The number of H-pyrrole nitrogens is 1. The number of hydrogen-bond acceptors (Lipinski definition) is 7. The molecular formula is C21H38N2O6SSi2. The highest BCUT2D eigenvalue weighted by atomic mass is 32.1. The first kappa shape index (κ1) is 25.9. The Morgan fingerprint density at radius 2 is 1.56 bits per heavy atom. The van der Waals surface area contributed by atoms with Gasteiger partial charge in [0.15, 0.2) is 6.23 Å². The Bertz CT molecular complexity index is 902. The predicted octanol–water partition coefficient (Wildman–Crippen LogP) is 3.69. The number of aromatic amines is 1. The minimum Gasteiger partial charge on any atom is -0.414 e. The Balaban J connectivity index is 2.08. The standard InChI is InChI=1S/C21H38N2O6SSi2/c1-12(2)31(13(3)4)26-11-16-18(28-32(29-31,14(5)6)15(7)8)19(30)20(27-16)23-10-9-17(24)22-21(23)25/h9-10,12-16,18-20,30H,11H2,1-8H3,(H,22,24,25)/t16-,18-,19-,20-/m1/s1. The van der Waals surface area contributed by atoms with Crippen LogP contribution in [0.4, 0.5) is 0 Å². The van der Waals surface area contributed by atoms with Crippen molar-refractivity contribution in [3.8, 4) is 0 Å². The van der Waals surface area contributed by atoms with Gasteiger partial charge in [-0.15, -0.1) is 0 Å². The van der Waals surface area contributed by atoms with Crippen molar-refractivity contribution in [3.05, 3.63) is 33.1 Å². The van der Waals surface area contributed by atoms with Crippen LogP contribution < -0.4 is 11.2 Å². The highest BCUT2D eigenvalue weighted by Crippen LogP contribution is 2.48. The van der Waals surface area contributed by atoms with Crippen molar-refractivity contribution < 1.29 is 17.7 Å². The second-order valence-electron chi connectivity index (χ2n) is 10.1. The van der Waals surface area contributed by atoms with E-state index in [2.05, 4.69) is 60.4 Å². The highest BCUT2D eigenvalue weighted by molar-refractivity contribution is 7.81. The van der Waals surface area contributed by atoms with Gasteiger partial charge in [0.2, 0.25) is 0 Å². The molecule has 182 valence electrons. The fourth-order valence-electron chi connectivity index (χ4n) is 4.99. The van der Waals surface area contributed by atoms with Crippen molar-refractivity contribution in [1.29, 1.82) is 0 Å². The molecule has 3 rings (SSSR count). The number of fused-ring (bicyclic) bond motifs is 1. The van der Waals surface area contributed by atoms with E-state index < -0.39 is 46.0 Å². The van der Waals surface area contributed by atoms with E-state index in [0.29, 0.717) is 6.61 Å². The fourth-order valence-corrected chi connectivity index (χ4v) is 16.8. The molecule has 1 N–H and O–H groups in total. The monoisotopic (exact) mass is 502 g/mol. The van der Waals surface area contributed by atoms with Crippen LogP contribution in [0.5, 0.6) is 0 Å². The van der Waals surface area contributed by atoms with Gasteiger partial charge in [-0.2, -0.15) is 12.6 Å². The van der Waals surface area contributed by atoms with Crippen LogP contribution in [-0.2, 0) is 17.7 Å². The predicted molar refractivity (Wildman–Crippen MR) is 132 cm³/mol. The lowest BCUT2D eigenvalue weighted by molar-refractivity contribution is -0.0565. The first-order valence-electron chi connectivity index (χ1n) is 11.5. The molecule has 0 saturated carbocycles. The second-order valence-corrected chi connectivity index (χ2v) is 19.6. The third-order valence-corrected chi connectivity index (χ3v) is 17.6. The van der Waals surface area contributed by atoms with Gasteiger partial charge in [-0.1, -0.05) is 55.4 Å². The zero-order valence-corrected chi connectivity index (χ0v) is 23.2. The maximum absolute atomic E-state index is 12.5. The summed E-state index contributed by atoms with van der Waals surface area (Å²) in [5.74, 6) is 0. The van der Waals surface area contributed by atoms with Gasteiger partial charge < -0.3 is 17.7 Å². The van der Waals surface area contributed by atoms with Gasteiger partial charge in [0.1, 0.15) is 6.10 Å². The first-order chi connectivity index (χ1) is 14.9. The Hall–Kier alpha value is -0.696. The summed E-state index contributed by atoms with van der Waals surface area (Å²) in [7, 11) is -5.47. The van der Waals surface area contributed by atoms with E-state index in [1.54, 1.807) is 0 Å². The second kappa shape index (κ2) is 9.51. The Labute approximate surface area is 197 Å².